The lowest BCUT2D eigenvalue weighted by Gasteiger charge is -2.35. The van der Waals surface area contributed by atoms with E-state index >= 15 is 0 Å². The summed E-state index contributed by atoms with van der Waals surface area (Å²) in [5.41, 5.74) is 5.22. The molecule has 6 rings (SSSR count). The number of imidazole rings is 1. The van der Waals surface area contributed by atoms with Gasteiger partial charge in [0.2, 0.25) is 0 Å². The zero-order valence-electron chi connectivity index (χ0n) is 20.9. The van der Waals surface area contributed by atoms with Gasteiger partial charge < -0.3 is 10.2 Å². The van der Waals surface area contributed by atoms with Gasteiger partial charge >= 0.3 is 0 Å². The number of fused-ring (bicyclic) bond motifs is 3. The number of carbonyl (C=O) groups excluding carboxylic acids is 2. The zero-order chi connectivity index (χ0) is 25.1. The Kier molecular flexibility index (Phi) is 5.72. The van der Waals surface area contributed by atoms with Crippen LogP contribution in [0.4, 0.5) is 0 Å². The largest absolute Gasteiger partial charge is 0.349 e. The summed E-state index contributed by atoms with van der Waals surface area (Å²) in [6, 6.07) is 6.58. The van der Waals surface area contributed by atoms with Crippen molar-refractivity contribution in [2.45, 2.75) is 59.0 Å². The molecule has 1 saturated heterocycles. The lowest BCUT2D eigenvalue weighted by Crippen LogP contribution is -2.50. The van der Waals surface area contributed by atoms with E-state index in [1.807, 2.05) is 34.7 Å². The Hall–Kier alpha value is -3.04. The molecule has 1 aliphatic heterocycles. The molecule has 2 amide bonds. The highest BCUT2D eigenvalue weighted by Crippen LogP contribution is 2.44. The van der Waals surface area contributed by atoms with E-state index in [4.69, 9.17) is 4.98 Å². The normalized spacial score (nSPS) is 21.0. The van der Waals surface area contributed by atoms with Crippen molar-refractivity contribution in [3.05, 3.63) is 63.0 Å². The minimum absolute atomic E-state index is 0.0132. The Morgan fingerprint density at radius 1 is 1.08 bits per heavy atom. The summed E-state index contributed by atoms with van der Waals surface area (Å²) in [5, 5.41) is 5.95. The lowest BCUT2D eigenvalue weighted by atomic mass is 9.97. The van der Waals surface area contributed by atoms with Gasteiger partial charge in [0.25, 0.3) is 11.8 Å². The number of nitrogens with zero attached hydrogens (tertiary/aromatic N) is 4. The number of aromatic nitrogens is 3. The van der Waals surface area contributed by atoms with Crippen molar-refractivity contribution >= 4 is 39.4 Å². The second kappa shape index (κ2) is 8.81. The van der Waals surface area contributed by atoms with Crippen molar-refractivity contribution in [2.75, 3.05) is 6.54 Å². The lowest BCUT2D eigenvalue weighted by molar-refractivity contribution is 0.0577. The second-order valence-electron chi connectivity index (χ2n) is 10.1. The number of rotatable bonds is 5. The average Bonchev–Trinajstić information content (AvgIpc) is 3.62. The van der Waals surface area contributed by atoms with E-state index in [-0.39, 0.29) is 23.9 Å². The number of amides is 2. The highest BCUT2D eigenvalue weighted by molar-refractivity contribution is 7.15. The van der Waals surface area contributed by atoms with Crippen molar-refractivity contribution in [3.63, 3.8) is 0 Å². The maximum absolute atomic E-state index is 14.0. The third-order valence-electron chi connectivity index (χ3n) is 7.52. The number of nitrogens with one attached hydrogen (secondary N) is 1. The summed E-state index contributed by atoms with van der Waals surface area (Å²) in [4.78, 5) is 40.2. The van der Waals surface area contributed by atoms with E-state index in [0.29, 0.717) is 23.9 Å². The first-order chi connectivity index (χ1) is 17.3. The molecule has 1 N–H and O–H groups in total. The van der Waals surface area contributed by atoms with Gasteiger partial charge in [-0.15, -0.1) is 22.7 Å². The van der Waals surface area contributed by atoms with Crippen LogP contribution in [0.1, 0.15) is 62.1 Å². The number of hydrogen-bond donors (Lipinski definition) is 1. The highest BCUT2D eigenvalue weighted by atomic mass is 32.1. The Morgan fingerprint density at radius 3 is 2.64 bits per heavy atom. The second-order valence-corrected chi connectivity index (χ2v) is 12.2. The van der Waals surface area contributed by atoms with Crippen molar-refractivity contribution < 1.29 is 9.59 Å². The number of piperidine rings is 1. The van der Waals surface area contributed by atoms with Crippen molar-refractivity contribution in [2.24, 2.45) is 5.92 Å². The Morgan fingerprint density at radius 2 is 1.86 bits per heavy atom. The van der Waals surface area contributed by atoms with E-state index in [9.17, 15) is 9.59 Å². The molecule has 1 aliphatic carbocycles. The fraction of sp³-hybridized carbons (Fsp3) is 0.407. The molecule has 0 radical (unpaired) electrons. The number of hydrogen-bond acceptors (Lipinski definition) is 6. The number of aryl methyl sites for hydroxylation is 4. The summed E-state index contributed by atoms with van der Waals surface area (Å²) >= 11 is 3.09. The van der Waals surface area contributed by atoms with Crippen LogP contribution in [0.15, 0.2) is 29.8 Å². The third-order valence-corrected chi connectivity index (χ3v) is 9.30. The number of thiazole rings is 2. The monoisotopic (exact) mass is 519 g/mol. The van der Waals surface area contributed by atoms with Gasteiger partial charge in [-0.2, -0.15) is 0 Å². The first kappa shape index (κ1) is 23.4. The van der Waals surface area contributed by atoms with Crippen LogP contribution >= 0.6 is 22.7 Å². The molecule has 0 unspecified atom stereocenters. The van der Waals surface area contributed by atoms with Gasteiger partial charge in [-0.25, -0.2) is 9.97 Å². The summed E-state index contributed by atoms with van der Waals surface area (Å²) in [5.74, 6) is 0.242. The van der Waals surface area contributed by atoms with Crippen LogP contribution in [0, 0.1) is 33.6 Å². The molecule has 2 fully saturated rings. The van der Waals surface area contributed by atoms with Gasteiger partial charge in [-0.05, 0) is 58.4 Å². The van der Waals surface area contributed by atoms with Crippen molar-refractivity contribution in [1.82, 2.24) is 24.6 Å². The maximum Gasteiger partial charge on any atom is 0.274 e. The van der Waals surface area contributed by atoms with Crippen LogP contribution in [0.2, 0.25) is 0 Å². The highest BCUT2D eigenvalue weighted by Gasteiger charge is 2.49. The third kappa shape index (κ3) is 3.85. The van der Waals surface area contributed by atoms with E-state index in [2.05, 4.69) is 42.3 Å². The molecule has 9 heteroatoms. The zero-order valence-corrected chi connectivity index (χ0v) is 22.5. The molecule has 4 aromatic rings. The summed E-state index contributed by atoms with van der Waals surface area (Å²) < 4.78 is 1.84. The number of likely N-dealkylation sites (tertiary alicyclic amines) is 1. The topological polar surface area (TPSA) is 79.6 Å². The Balaban J connectivity index is 1.27. The fourth-order valence-electron chi connectivity index (χ4n) is 6.12. The molecule has 3 aromatic heterocycles. The van der Waals surface area contributed by atoms with Crippen LogP contribution in [-0.4, -0.2) is 49.7 Å². The minimum atomic E-state index is -0.144. The first-order valence-electron chi connectivity index (χ1n) is 12.4. The van der Waals surface area contributed by atoms with E-state index in [0.717, 1.165) is 45.4 Å². The molecule has 2 bridgehead atoms. The first-order valence-corrected chi connectivity index (χ1v) is 14.1. The standard InChI is InChI=1S/C27H29N5O2S2/c1-14-9-15(2)11-19(10-14)24-22(30-17(4)36-24)26(34)32-20-6-5-18(12-20)21(32)13-28-25(33)23-16(3)29-27-31(23)7-8-35-27/h7-11,18,20-21H,5-6,12-13H2,1-4H3,(H,28,33)/t18-,20+,21+/m0/s1. The molecule has 0 spiro atoms. The number of carbonyl (C=O) groups is 2. The van der Waals surface area contributed by atoms with Crippen LogP contribution in [0.3, 0.4) is 0 Å². The van der Waals surface area contributed by atoms with Crippen LogP contribution in [-0.2, 0) is 0 Å². The predicted octanol–water partition coefficient (Wildman–Crippen LogP) is 5.18. The molecule has 7 nitrogen and oxygen atoms in total. The molecule has 2 aliphatic rings. The van der Waals surface area contributed by atoms with Crippen LogP contribution in [0.5, 0.6) is 0 Å². The molecular weight excluding hydrogens is 490 g/mol. The molecule has 36 heavy (non-hydrogen) atoms. The quantitative estimate of drug-likeness (QED) is 0.394. The van der Waals surface area contributed by atoms with Gasteiger partial charge in [0.05, 0.1) is 21.6 Å². The SMILES string of the molecule is Cc1cc(C)cc(-c2sc(C)nc2C(=O)N2[C@@H]3CC[C@@H](C3)[C@H]2CNC(=O)c2c(C)nc3sccn23)c1. The van der Waals surface area contributed by atoms with E-state index in [1.54, 1.807) is 11.3 Å². The molecule has 3 atom stereocenters. The van der Waals surface area contributed by atoms with Crippen LogP contribution < -0.4 is 5.32 Å². The van der Waals surface area contributed by atoms with Crippen LogP contribution in [0.25, 0.3) is 15.4 Å². The van der Waals surface area contributed by atoms with Crippen molar-refractivity contribution in [1.29, 1.82) is 0 Å². The molecule has 186 valence electrons. The predicted molar refractivity (Wildman–Crippen MR) is 143 cm³/mol. The number of benzene rings is 1. The average molecular weight is 520 g/mol. The summed E-state index contributed by atoms with van der Waals surface area (Å²) in [6.07, 6.45) is 4.98. The molecule has 4 heterocycles. The van der Waals surface area contributed by atoms with Gasteiger partial charge in [0, 0.05) is 24.2 Å². The van der Waals surface area contributed by atoms with E-state index in [1.165, 1.54) is 22.5 Å². The minimum Gasteiger partial charge on any atom is -0.349 e. The maximum atomic E-state index is 14.0. The summed E-state index contributed by atoms with van der Waals surface area (Å²) in [6.45, 7) is 8.42. The summed E-state index contributed by atoms with van der Waals surface area (Å²) in [7, 11) is 0. The van der Waals surface area contributed by atoms with E-state index < -0.39 is 0 Å². The smallest absolute Gasteiger partial charge is 0.274 e. The van der Waals surface area contributed by atoms with Gasteiger partial charge in [0.15, 0.2) is 4.96 Å². The van der Waals surface area contributed by atoms with Gasteiger partial charge in [-0.3, -0.25) is 14.0 Å². The Bertz CT molecular complexity index is 1480. The fourth-order valence-corrected chi connectivity index (χ4v) is 7.77. The molecule has 1 saturated carbocycles. The van der Waals surface area contributed by atoms with Crippen molar-refractivity contribution in [3.8, 4) is 10.4 Å². The molecular formula is C27H29N5O2S2. The Labute approximate surface area is 218 Å². The molecule has 1 aromatic carbocycles. The van der Waals surface area contributed by atoms with Gasteiger partial charge in [0.1, 0.15) is 11.4 Å². The van der Waals surface area contributed by atoms with Gasteiger partial charge in [-0.1, -0.05) is 29.3 Å².